The van der Waals surface area contributed by atoms with Crippen molar-refractivity contribution < 1.29 is 9.90 Å². The summed E-state index contributed by atoms with van der Waals surface area (Å²) in [6, 6.07) is 22.3. The van der Waals surface area contributed by atoms with Crippen molar-refractivity contribution in [3.8, 4) is 0 Å². The molecule has 3 aromatic rings. The highest BCUT2D eigenvalue weighted by Gasteiger charge is 2.20. The molecule has 0 unspecified atom stereocenters. The lowest BCUT2D eigenvalue weighted by Crippen LogP contribution is -2.35. The lowest BCUT2D eigenvalue weighted by molar-refractivity contribution is 0.0950. The Morgan fingerprint density at radius 3 is 2.54 bits per heavy atom. The monoisotopic (exact) mass is 534 g/mol. The van der Waals surface area contributed by atoms with E-state index in [9.17, 15) is 9.90 Å². The zero-order chi connectivity index (χ0) is 24.6. The molecule has 2 N–H and O–H groups in total. The van der Waals surface area contributed by atoms with Gasteiger partial charge in [-0.25, -0.2) is 0 Å². The van der Waals surface area contributed by atoms with Crippen molar-refractivity contribution in [2.75, 3.05) is 19.6 Å². The second-order valence-electron chi connectivity index (χ2n) is 9.70. The molecule has 0 atom stereocenters. The van der Waals surface area contributed by atoms with Crippen LogP contribution in [-0.4, -0.2) is 35.5 Å². The van der Waals surface area contributed by atoms with Gasteiger partial charge in [0.05, 0.1) is 6.61 Å². The van der Waals surface area contributed by atoms with Crippen LogP contribution in [0.1, 0.15) is 51.0 Å². The van der Waals surface area contributed by atoms with Gasteiger partial charge in [0.1, 0.15) is 0 Å². The largest absolute Gasteiger partial charge is 0.392 e. The first-order valence-electron chi connectivity index (χ1n) is 12.5. The van der Waals surface area contributed by atoms with Gasteiger partial charge in [0.25, 0.3) is 5.91 Å². The molecule has 1 fully saturated rings. The van der Waals surface area contributed by atoms with Gasteiger partial charge in [0, 0.05) is 23.1 Å². The second-order valence-corrected chi connectivity index (χ2v) is 10.5. The van der Waals surface area contributed by atoms with E-state index in [0.717, 1.165) is 49.5 Å². The van der Waals surface area contributed by atoms with E-state index in [4.69, 9.17) is 0 Å². The topological polar surface area (TPSA) is 52.6 Å². The molecule has 4 nitrogen and oxygen atoms in total. The average Bonchev–Trinajstić information content (AvgIpc) is 2.89. The maximum atomic E-state index is 12.7. The number of carbonyl (C=O) groups is 1. The molecule has 35 heavy (non-hydrogen) atoms. The summed E-state index contributed by atoms with van der Waals surface area (Å²) in [6.45, 7) is 5.92. The minimum Gasteiger partial charge on any atom is -0.392 e. The molecule has 1 aliphatic heterocycles. The summed E-state index contributed by atoms with van der Waals surface area (Å²) in [7, 11) is 0. The molecule has 0 aliphatic carbocycles. The van der Waals surface area contributed by atoms with Crippen LogP contribution in [0.15, 0.2) is 71.2 Å². The summed E-state index contributed by atoms with van der Waals surface area (Å²) >= 11 is 3.72. The van der Waals surface area contributed by atoms with E-state index in [1.165, 1.54) is 34.0 Å². The van der Waals surface area contributed by atoms with Gasteiger partial charge in [-0.15, -0.1) is 0 Å². The van der Waals surface area contributed by atoms with Crippen LogP contribution >= 0.6 is 15.9 Å². The van der Waals surface area contributed by atoms with Crippen LogP contribution in [0.25, 0.3) is 0 Å². The number of carbonyl (C=O) groups excluding carboxylic acids is 1. The standard InChI is InChI=1S/C30H35BrN2O2/c1-22-8-9-29(31)28(16-22)19-24-11-14-33(15-12-24)13-10-23-4-3-7-27(18-23)30(35)32-20-25-5-2-6-26(17-25)21-34/h2-9,16-18,24,34H,10-15,19-21H2,1H3,(H,32,35). The Balaban J connectivity index is 1.23. The first-order valence-corrected chi connectivity index (χ1v) is 13.3. The Morgan fingerprint density at radius 2 is 1.74 bits per heavy atom. The van der Waals surface area contributed by atoms with E-state index in [2.05, 4.69) is 57.3 Å². The number of nitrogens with zero attached hydrogens (tertiary/aromatic N) is 1. The van der Waals surface area contributed by atoms with E-state index < -0.39 is 0 Å². The number of rotatable bonds is 9. The summed E-state index contributed by atoms with van der Waals surface area (Å²) in [5.74, 6) is 0.679. The molecule has 5 heteroatoms. The van der Waals surface area contributed by atoms with E-state index >= 15 is 0 Å². The molecule has 1 aliphatic rings. The Kier molecular flexibility index (Phi) is 9.13. The summed E-state index contributed by atoms with van der Waals surface area (Å²) in [6.07, 6.45) is 4.58. The molecule has 3 aromatic carbocycles. The molecule has 0 radical (unpaired) electrons. The third kappa shape index (κ3) is 7.50. The fraction of sp³-hybridized carbons (Fsp3) is 0.367. The number of aliphatic hydroxyl groups is 1. The van der Waals surface area contributed by atoms with Gasteiger partial charge >= 0.3 is 0 Å². The van der Waals surface area contributed by atoms with Crippen molar-refractivity contribution >= 4 is 21.8 Å². The predicted octanol–water partition coefficient (Wildman–Crippen LogP) is 5.68. The first kappa shape index (κ1) is 25.6. The molecule has 1 heterocycles. The average molecular weight is 536 g/mol. The SMILES string of the molecule is Cc1ccc(Br)c(CC2CCN(CCc3cccc(C(=O)NCc4cccc(CO)c4)c3)CC2)c1. The van der Waals surface area contributed by atoms with Crippen molar-refractivity contribution in [3.05, 3.63) is 105 Å². The Hall–Kier alpha value is -2.47. The van der Waals surface area contributed by atoms with E-state index in [0.29, 0.717) is 12.1 Å². The molecule has 4 rings (SSSR count). The summed E-state index contributed by atoms with van der Waals surface area (Å²) < 4.78 is 1.23. The lowest BCUT2D eigenvalue weighted by Gasteiger charge is -2.32. The van der Waals surface area contributed by atoms with Crippen molar-refractivity contribution in [1.29, 1.82) is 0 Å². The van der Waals surface area contributed by atoms with Gasteiger partial charge in [-0.05, 0) is 92.1 Å². The molecule has 0 spiro atoms. The zero-order valence-electron chi connectivity index (χ0n) is 20.5. The van der Waals surface area contributed by atoms with Crippen LogP contribution in [0.3, 0.4) is 0 Å². The normalized spacial score (nSPS) is 14.7. The minimum atomic E-state index is -0.0654. The maximum absolute atomic E-state index is 12.7. The van der Waals surface area contributed by atoms with Crippen molar-refractivity contribution in [2.24, 2.45) is 5.92 Å². The molecular formula is C30H35BrN2O2. The molecule has 1 saturated heterocycles. The third-order valence-corrected chi connectivity index (χ3v) is 7.72. The molecule has 0 saturated carbocycles. The number of piperidine rings is 1. The van der Waals surface area contributed by atoms with Crippen LogP contribution in [0, 0.1) is 12.8 Å². The lowest BCUT2D eigenvalue weighted by atomic mass is 9.89. The highest BCUT2D eigenvalue weighted by atomic mass is 79.9. The van der Waals surface area contributed by atoms with Crippen LogP contribution in [-0.2, 0) is 26.0 Å². The van der Waals surface area contributed by atoms with Crippen LogP contribution in [0.2, 0.25) is 0 Å². The molecule has 1 amide bonds. The highest BCUT2D eigenvalue weighted by molar-refractivity contribution is 9.10. The summed E-state index contributed by atoms with van der Waals surface area (Å²) in [5.41, 5.74) is 6.49. The Morgan fingerprint density at radius 1 is 1.00 bits per heavy atom. The van der Waals surface area contributed by atoms with Gasteiger partial charge in [0.15, 0.2) is 0 Å². The fourth-order valence-corrected chi connectivity index (χ4v) is 5.27. The van der Waals surface area contributed by atoms with Gasteiger partial charge in [0.2, 0.25) is 0 Å². The van der Waals surface area contributed by atoms with Crippen LogP contribution < -0.4 is 5.32 Å². The number of amides is 1. The minimum absolute atomic E-state index is 0.00596. The first-order chi connectivity index (χ1) is 17.0. The fourth-order valence-electron chi connectivity index (χ4n) is 4.86. The molecular weight excluding hydrogens is 500 g/mol. The summed E-state index contributed by atoms with van der Waals surface area (Å²) in [4.78, 5) is 15.2. The van der Waals surface area contributed by atoms with Crippen molar-refractivity contribution in [1.82, 2.24) is 10.2 Å². The van der Waals surface area contributed by atoms with Crippen LogP contribution in [0.5, 0.6) is 0 Å². The van der Waals surface area contributed by atoms with Crippen molar-refractivity contribution in [3.63, 3.8) is 0 Å². The van der Waals surface area contributed by atoms with E-state index in [1.807, 2.05) is 42.5 Å². The second kappa shape index (κ2) is 12.5. The number of likely N-dealkylation sites (tertiary alicyclic amines) is 1. The Bertz CT molecular complexity index is 1140. The number of benzene rings is 3. The number of aryl methyl sites for hydroxylation is 1. The highest BCUT2D eigenvalue weighted by Crippen LogP contribution is 2.26. The van der Waals surface area contributed by atoms with E-state index in [1.54, 1.807) is 0 Å². The number of halogens is 1. The van der Waals surface area contributed by atoms with E-state index in [-0.39, 0.29) is 12.5 Å². The van der Waals surface area contributed by atoms with Gasteiger partial charge in [-0.3, -0.25) is 4.79 Å². The van der Waals surface area contributed by atoms with Crippen molar-refractivity contribution in [2.45, 2.75) is 45.8 Å². The van der Waals surface area contributed by atoms with Crippen LogP contribution in [0.4, 0.5) is 0 Å². The Labute approximate surface area is 217 Å². The van der Waals surface area contributed by atoms with Gasteiger partial charge in [-0.2, -0.15) is 0 Å². The molecule has 0 bridgehead atoms. The third-order valence-electron chi connectivity index (χ3n) is 6.95. The van der Waals surface area contributed by atoms with Gasteiger partial charge in [-0.1, -0.05) is 70.0 Å². The quantitative estimate of drug-likeness (QED) is 0.371. The smallest absolute Gasteiger partial charge is 0.251 e. The maximum Gasteiger partial charge on any atom is 0.251 e. The summed E-state index contributed by atoms with van der Waals surface area (Å²) in [5, 5.41) is 12.3. The molecule has 184 valence electrons. The predicted molar refractivity (Wildman–Crippen MR) is 145 cm³/mol. The number of aliphatic hydroxyl groups excluding tert-OH is 1. The van der Waals surface area contributed by atoms with Gasteiger partial charge < -0.3 is 15.3 Å². The molecule has 0 aromatic heterocycles. The number of nitrogens with one attached hydrogen (secondary N) is 1. The number of hydrogen-bond donors (Lipinski definition) is 2. The number of hydrogen-bond acceptors (Lipinski definition) is 3. The zero-order valence-corrected chi connectivity index (χ0v) is 22.1.